The number of benzene rings is 2. The van der Waals surface area contributed by atoms with E-state index in [0.29, 0.717) is 27.6 Å². The van der Waals surface area contributed by atoms with Crippen molar-refractivity contribution in [2.24, 2.45) is 5.41 Å². The molecule has 1 unspecified atom stereocenters. The number of methoxy groups -OCH3 is 2. The predicted molar refractivity (Wildman–Crippen MR) is 125 cm³/mol. The first-order chi connectivity index (χ1) is 15.0. The number of anilines is 1. The van der Waals surface area contributed by atoms with Crippen LogP contribution in [0.15, 0.2) is 47.4 Å². The maximum atomic E-state index is 12.7. The van der Waals surface area contributed by atoms with Crippen LogP contribution in [0.4, 0.5) is 5.69 Å². The van der Waals surface area contributed by atoms with Crippen molar-refractivity contribution in [1.82, 2.24) is 0 Å². The van der Waals surface area contributed by atoms with E-state index in [0.717, 1.165) is 0 Å². The van der Waals surface area contributed by atoms with Crippen molar-refractivity contribution in [2.75, 3.05) is 26.1 Å². The molecule has 0 aromatic heterocycles. The summed E-state index contributed by atoms with van der Waals surface area (Å²) in [7, 11) is 3.06. The van der Waals surface area contributed by atoms with E-state index in [1.165, 1.54) is 26.0 Å². The number of carbonyl (C=O) groups excluding carboxylic acids is 3. The fraction of sp³-hybridized carbons (Fsp3) is 0.375. The molecule has 0 heterocycles. The van der Waals surface area contributed by atoms with Gasteiger partial charge in [0.2, 0.25) is 5.91 Å². The minimum absolute atomic E-state index is 0.169. The average Bonchev–Trinajstić information content (AvgIpc) is 2.76. The minimum atomic E-state index is -0.601. The second-order valence-electron chi connectivity index (χ2n) is 8.10. The Morgan fingerprint density at radius 2 is 1.59 bits per heavy atom. The SMILES string of the molecule is COc1cc(NC(=O)C(C)Sc2ccccc2C(=O)OCC(=O)C(C)(C)C)cc(OC)c1. The van der Waals surface area contributed by atoms with E-state index in [1.807, 2.05) is 0 Å². The van der Waals surface area contributed by atoms with Gasteiger partial charge in [-0.3, -0.25) is 9.59 Å². The Hall–Kier alpha value is -3.00. The lowest BCUT2D eigenvalue weighted by atomic mass is 9.91. The predicted octanol–water partition coefficient (Wildman–Crippen LogP) is 4.60. The topological polar surface area (TPSA) is 90.9 Å². The summed E-state index contributed by atoms with van der Waals surface area (Å²) in [6.07, 6.45) is 0. The van der Waals surface area contributed by atoms with E-state index in [1.54, 1.807) is 70.2 Å². The first-order valence-corrected chi connectivity index (χ1v) is 10.9. The number of hydrogen-bond donors (Lipinski definition) is 1. The first-order valence-electron chi connectivity index (χ1n) is 10.0. The summed E-state index contributed by atoms with van der Waals surface area (Å²) in [6, 6.07) is 11.9. The second kappa shape index (κ2) is 11.0. The molecular formula is C24H29NO6S. The molecule has 0 radical (unpaired) electrons. The molecule has 0 bridgehead atoms. The Kier molecular flexibility index (Phi) is 8.72. The summed E-state index contributed by atoms with van der Waals surface area (Å²) in [5, 5.41) is 2.32. The van der Waals surface area contributed by atoms with E-state index in [4.69, 9.17) is 14.2 Å². The zero-order valence-corrected chi connectivity index (χ0v) is 20.0. The van der Waals surface area contributed by atoms with Gasteiger partial charge in [0, 0.05) is 34.2 Å². The molecule has 7 nitrogen and oxygen atoms in total. The summed E-state index contributed by atoms with van der Waals surface area (Å²) in [5.41, 5.74) is 0.248. The van der Waals surface area contributed by atoms with Gasteiger partial charge in [-0.2, -0.15) is 0 Å². The number of carbonyl (C=O) groups is 3. The van der Waals surface area contributed by atoms with Crippen LogP contribution in [-0.2, 0) is 14.3 Å². The second-order valence-corrected chi connectivity index (χ2v) is 9.48. The van der Waals surface area contributed by atoms with Crippen molar-refractivity contribution in [2.45, 2.75) is 37.8 Å². The summed E-state index contributed by atoms with van der Waals surface area (Å²) in [6.45, 7) is 6.75. The molecule has 1 atom stereocenters. The summed E-state index contributed by atoms with van der Waals surface area (Å²) in [4.78, 5) is 38.0. The molecule has 2 aromatic carbocycles. The quantitative estimate of drug-likeness (QED) is 0.433. The van der Waals surface area contributed by atoms with Gasteiger partial charge in [0.1, 0.15) is 11.5 Å². The van der Waals surface area contributed by atoms with Crippen LogP contribution in [0.5, 0.6) is 11.5 Å². The van der Waals surface area contributed by atoms with Crippen molar-refractivity contribution < 1.29 is 28.6 Å². The van der Waals surface area contributed by atoms with Crippen molar-refractivity contribution in [3.63, 3.8) is 0 Å². The Bertz CT molecular complexity index is 960. The van der Waals surface area contributed by atoms with Crippen LogP contribution in [0.3, 0.4) is 0 Å². The molecule has 32 heavy (non-hydrogen) atoms. The summed E-state index contributed by atoms with van der Waals surface area (Å²) in [5.74, 6) is 0.0837. The van der Waals surface area contributed by atoms with Gasteiger partial charge >= 0.3 is 5.97 Å². The molecule has 2 rings (SSSR count). The molecule has 0 fully saturated rings. The molecule has 8 heteroatoms. The fourth-order valence-corrected chi connectivity index (χ4v) is 3.51. The normalized spacial score (nSPS) is 11.9. The van der Waals surface area contributed by atoms with Crippen molar-refractivity contribution in [1.29, 1.82) is 0 Å². The van der Waals surface area contributed by atoms with Crippen LogP contribution in [0, 0.1) is 5.41 Å². The molecule has 1 N–H and O–H groups in total. The summed E-state index contributed by atoms with van der Waals surface area (Å²) >= 11 is 1.23. The highest BCUT2D eigenvalue weighted by Gasteiger charge is 2.24. The van der Waals surface area contributed by atoms with E-state index in [2.05, 4.69) is 5.32 Å². The summed E-state index contributed by atoms with van der Waals surface area (Å²) < 4.78 is 15.7. The zero-order chi connectivity index (χ0) is 23.9. The third-order valence-corrected chi connectivity index (χ3v) is 5.75. The maximum absolute atomic E-state index is 12.7. The van der Waals surface area contributed by atoms with Crippen LogP contribution >= 0.6 is 11.8 Å². The molecule has 172 valence electrons. The number of Topliss-reactive ketones (excluding diaryl/α,β-unsaturated/α-hetero) is 1. The van der Waals surface area contributed by atoms with Gasteiger partial charge in [-0.15, -0.1) is 11.8 Å². The Balaban J connectivity index is 2.09. The van der Waals surface area contributed by atoms with Crippen molar-refractivity contribution >= 4 is 35.1 Å². The molecule has 1 amide bonds. The molecule has 0 aliphatic heterocycles. The monoisotopic (exact) mass is 459 g/mol. The molecule has 0 spiro atoms. The van der Waals surface area contributed by atoms with Crippen LogP contribution < -0.4 is 14.8 Å². The average molecular weight is 460 g/mol. The number of rotatable bonds is 9. The van der Waals surface area contributed by atoms with Crippen LogP contribution in [-0.4, -0.2) is 43.7 Å². The van der Waals surface area contributed by atoms with Crippen LogP contribution in [0.25, 0.3) is 0 Å². The Morgan fingerprint density at radius 3 is 2.16 bits per heavy atom. The molecule has 0 aliphatic carbocycles. The van der Waals surface area contributed by atoms with Crippen LogP contribution in [0.1, 0.15) is 38.1 Å². The van der Waals surface area contributed by atoms with Crippen molar-refractivity contribution in [3.8, 4) is 11.5 Å². The zero-order valence-electron chi connectivity index (χ0n) is 19.2. The third kappa shape index (κ3) is 7.02. The van der Waals surface area contributed by atoms with E-state index >= 15 is 0 Å². The molecule has 0 aliphatic rings. The highest BCUT2D eigenvalue weighted by Crippen LogP contribution is 2.30. The van der Waals surface area contributed by atoms with Gasteiger partial charge in [-0.05, 0) is 19.1 Å². The van der Waals surface area contributed by atoms with Crippen molar-refractivity contribution in [3.05, 3.63) is 48.0 Å². The first kappa shape index (κ1) is 25.3. The van der Waals surface area contributed by atoms with Gasteiger partial charge in [0.05, 0.1) is 25.0 Å². The van der Waals surface area contributed by atoms with Gasteiger partial charge in [-0.25, -0.2) is 4.79 Å². The van der Waals surface area contributed by atoms with E-state index in [-0.39, 0.29) is 18.3 Å². The number of thioether (sulfide) groups is 1. The lowest BCUT2D eigenvalue weighted by molar-refractivity contribution is -0.129. The fourth-order valence-electron chi connectivity index (χ4n) is 2.53. The largest absolute Gasteiger partial charge is 0.497 e. The number of ether oxygens (including phenoxy) is 3. The number of nitrogens with one attached hydrogen (secondary N) is 1. The Labute approximate surface area is 192 Å². The number of esters is 1. The third-order valence-electron chi connectivity index (χ3n) is 4.57. The van der Waals surface area contributed by atoms with E-state index in [9.17, 15) is 14.4 Å². The minimum Gasteiger partial charge on any atom is -0.497 e. The number of hydrogen-bond acceptors (Lipinski definition) is 7. The van der Waals surface area contributed by atoms with Gasteiger partial charge in [0.25, 0.3) is 0 Å². The highest BCUT2D eigenvalue weighted by molar-refractivity contribution is 8.00. The van der Waals surface area contributed by atoms with Gasteiger partial charge < -0.3 is 19.5 Å². The van der Waals surface area contributed by atoms with Gasteiger partial charge in [0.15, 0.2) is 12.4 Å². The Morgan fingerprint density at radius 1 is 1.00 bits per heavy atom. The lowest BCUT2D eigenvalue weighted by Crippen LogP contribution is -2.26. The number of ketones is 1. The smallest absolute Gasteiger partial charge is 0.339 e. The highest BCUT2D eigenvalue weighted by atomic mass is 32.2. The number of amides is 1. The molecule has 0 saturated heterocycles. The van der Waals surface area contributed by atoms with E-state index < -0.39 is 16.6 Å². The van der Waals surface area contributed by atoms with Crippen LogP contribution in [0.2, 0.25) is 0 Å². The molecular weight excluding hydrogens is 430 g/mol. The molecule has 0 saturated carbocycles. The maximum Gasteiger partial charge on any atom is 0.339 e. The van der Waals surface area contributed by atoms with Gasteiger partial charge in [-0.1, -0.05) is 32.9 Å². The standard InChI is InChI=1S/C24H29NO6S/c1-15(22(27)25-16-11-17(29-5)13-18(12-16)30-6)32-20-10-8-7-9-19(20)23(28)31-14-21(26)24(2,3)4/h7-13,15H,14H2,1-6H3,(H,25,27). The lowest BCUT2D eigenvalue weighted by Gasteiger charge is -2.17. The molecule has 2 aromatic rings.